The van der Waals surface area contributed by atoms with Crippen molar-refractivity contribution in [1.29, 1.82) is 0 Å². The fourth-order valence-electron chi connectivity index (χ4n) is 2.67. The van der Waals surface area contributed by atoms with Gasteiger partial charge in [0.05, 0.1) is 6.42 Å². The Hall–Kier alpha value is -2.64. The van der Waals surface area contributed by atoms with Gasteiger partial charge in [-0.25, -0.2) is 9.37 Å². The van der Waals surface area contributed by atoms with E-state index in [-0.39, 0.29) is 30.2 Å². The number of rotatable bonds is 7. The largest absolute Gasteiger partial charge is 0.352 e. The second-order valence-electron chi connectivity index (χ2n) is 6.43. The minimum atomic E-state index is -0.332. The van der Waals surface area contributed by atoms with Crippen LogP contribution in [0.25, 0.3) is 0 Å². The summed E-state index contributed by atoms with van der Waals surface area (Å²) >= 11 is 7.37. The SMILES string of the molecule is Cc1nc(SCc2cccc(Cl)c2)[nH]c(=O)c1CC(=O)NCc1ccc(F)cc1. The number of nitrogens with zero attached hydrogens (tertiary/aromatic N) is 1. The van der Waals surface area contributed by atoms with Crippen molar-refractivity contribution in [2.45, 2.75) is 30.8 Å². The number of nitrogens with one attached hydrogen (secondary N) is 2. The molecule has 29 heavy (non-hydrogen) atoms. The summed E-state index contributed by atoms with van der Waals surface area (Å²) in [6.45, 7) is 1.97. The fourth-order valence-corrected chi connectivity index (χ4v) is 3.73. The van der Waals surface area contributed by atoms with Gasteiger partial charge >= 0.3 is 0 Å². The standard InChI is InChI=1S/C21H19ClFN3O2S/c1-13-18(10-19(27)24-11-14-5-7-17(23)8-6-14)20(28)26-21(25-13)29-12-15-3-2-4-16(22)9-15/h2-9H,10-12H2,1H3,(H,24,27)(H,25,26,28). The Bertz CT molecular complexity index is 1070. The molecule has 0 unspecified atom stereocenters. The molecule has 0 saturated carbocycles. The van der Waals surface area contributed by atoms with Crippen LogP contribution in [-0.2, 0) is 23.5 Å². The Morgan fingerprint density at radius 3 is 2.66 bits per heavy atom. The Balaban J connectivity index is 1.60. The van der Waals surface area contributed by atoms with E-state index >= 15 is 0 Å². The average Bonchev–Trinajstić information content (AvgIpc) is 2.69. The number of H-pyrrole nitrogens is 1. The molecule has 3 rings (SSSR count). The number of carbonyl (C=O) groups excluding carboxylic acids is 1. The first kappa shape index (κ1) is 21.1. The smallest absolute Gasteiger partial charge is 0.255 e. The maximum atomic E-state index is 12.9. The van der Waals surface area contributed by atoms with E-state index in [4.69, 9.17) is 11.6 Å². The van der Waals surface area contributed by atoms with Gasteiger partial charge in [0, 0.05) is 28.6 Å². The molecule has 0 aliphatic rings. The van der Waals surface area contributed by atoms with Gasteiger partial charge < -0.3 is 10.3 Å². The van der Waals surface area contributed by atoms with Crippen LogP contribution in [0.3, 0.4) is 0 Å². The van der Waals surface area contributed by atoms with Crippen LogP contribution in [0.5, 0.6) is 0 Å². The van der Waals surface area contributed by atoms with Crippen LogP contribution in [0.1, 0.15) is 22.4 Å². The van der Waals surface area contributed by atoms with Gasteiger partial charge in [0.25, 0.3) is 5.56 Å². The molecule has 0 aliphatic heterocycles. The molecule has 0 bridgehead atoms. The van der Waals surface area contributed by atoms with Crippen LogP contribution in [0, 0.1) is 12.7 Å². The molecule has 0 radical (unpaired) electrons. The van der Waals surface area contributed by atoms with Crippen molar-refractivity contribution < 1.29 is 9.18 Å². The summed E-state index contributed by atoms with van der Waals surface area (Å²) in [5.74, 6) is -0.0221. The number of amides is 1. The summed E-state index contributed by atoms with van der Waals surface area (Å²) in [6, 6.07) is 13.3. The monoisotopic (exact) mass is 431 g/mol. The number of aryl methyl sites for hydroxylation is 1. The van der Waals surface area contributed by atoms with E-state index in [0.29, 0.717) is 27.2 Å². The highest BCUT2D eigenvalue weighted by Crippen LogP contribution is 2.21. The Morgan fingerprint density at radius 1 is 1.21 bits per heavy atom. The molecule has 1 amide bonds. The first-order valence-electron chi connectivity index (χ1n) is 8.89. The van der Waals surface area contributed by atoms with Gasteiger partial charge in [0.1, 0.15) is 5.82 Å². The second kappa shape index (κ2) is 9.71. The predicted molar refractivity (Wildman–Crippen MR) is 113 cm³/mol. The van der Waals surface area contributed by atoms with E-state index < -0.39 is 0 Å². The van der Waals surface area contributed by atoms with Crippen LogP contribution in [0.2, 0.25) is 5.02 Å². The number of benzene rings is 2. The lowest BCUT2D eigenvalue weighted by molar-refractivity contribution is -0.120. The maximum Gasteiger partial charge on any atom is 0.255 e. The Kier molecular flexibility index (Phi) is 7.06. The van der Waals surface area contributed by atoms with Crippen LogP contribution >= 0.6 is 23.4 Å². The lowest BCUT2D eigenvalue weighted by Gasteiger charge is -2.08. The third-order valence-corrected chi connectivity index (χ3v) is 5.38. The van der Waals surface area contributed by atoms with Gasteiger partial charge in [-0.1, -0.05) is 47.6 Å². The molecule has 150 valence electrons. The van der Waals surface area contributed by atoms with Crippen molar-refractivity contribution in [3.8, 4) is 0 Å². The van der Waals surface area contributed by atoms with Gasteiger partial charge in [-0.15, -0.1) is 0 Å². The number of hydrogen-bond acceptors (Lipinski definition) is 4. The topological polar surface area (TPSA) is 74.8 Å². The molecule has 8 heteroatoms. The van der Waals surface area contributed by atoms with Crippen LogP contribution < -0.4 is 10.9 Å². The summed E-state index contributed by atoms with van der Waals surface area (Å²) in [5, 5.41) is 3.87. The molecule has 1 aromatic heterocycles. The van der Waals surface area contributed by atoms with E-state index in [1.807, 2.05) is 18.2 Å². The van der Waals surface area contributed by atoms with Crippen molar-refractivity contribution in [3.63, 3.8) is 0 Å². The zero-order valence-electron chi connectivity index (χ0n) is 15.7. The fraction of sp³-hybridized carbons (Fsp3) is 0.190. The molecule has 0 spiro atoms. The molecule has 0 fully saturated rings. The van der Waals surface area contributed by atoms with E-state index in [9.17, 15) is 14.0 Å². The van der Waals surface area contributed by atoms with Crippen molar-refractivity contribution >= 4 is 29.3 Å². The van der Waals surface area contributed by atoms with Crippen molar-refractivity contribution in [3.05, 3.63) is 92.1 Å². The zero-order chi connectivity index (χ0) is 20.8. The summed E-state index contributed by atoms with van der Waals surface area (Å²) in [4.78, 5) is 31.8. The Labute approximate surface area is 176 Å². The minimum absolute atomic E-state index is 0.0748. The second-order valence-corrected chi connectivity index (χ2v) is 7.83. The molecule has 3 aromatic rings. The van der Waals surface area contributed by atoms with Gasteiger partial charge in [0.2, 0.25) is 5.91 Å². The third kappa shape index (κ3) is 6.17. The summed E-state index contributed by atoms with van der Waals surface area (Å²) in [5.41, 5.74) is 2.30. The number of hydrogen-bond donors (Lipinski definition) is 2. The molecule has 2 N–H and O–H groups in total. The first-order valence-corrected chi connectivity index (χ1v) is 10.3. The van der Waals surface area contributed by atoms with E-state index in [1.165, 1.54) is 23.9 Å². The van der Waals surface area contributed by atoms with Gasteiger partial charge in [-0.05, 0) is 42.3 Å². The molecule has 2 aromatic carbocycles. The van der Waals surface area contributed by atoms with E-state index in [1.54, 1.807) is 25.1 Å². The summed E-state index contributed by atoms with van der Waals surface area (Å²) < 4.78 is 12.9. The molecule has 0 aliphatic carbocycles. The number of aromatic amines is 1. The predicted octanol–water partition coefficient (Wildman–Crippen LogP) is 4.02. The summed E-state index contributed by atoms with van der Waals surface area (Å²) in [7, 11) is 0. The molecule has 0 saturated heterocycles. The number of thioether (sulfide) groups is 1. The van der Waals surface area contributed by atoms with Crippen LogP contribution in [0.4, 0.5) is 4.39 Å². The molecule has 0 atom stereocenters. The van der Waals surface area contributed by atoms with E-state index in [2.05, 4.69) is 15.3 Å². The number of aromatic nitrogens is 2. The summed E-state index contributed by atoms with van der Waals surface area (Å²) in [6.07, 6.45) is -0.0748. The maximum absolute atomic E-state index is 12.9. The zero-order valence-corrected chi connectivity index (χ0v) is 17.2. The molecular weight excluding hydrogens is 413 g/mol. The molecular formula is C21H19ClFN3O2S. The van der Waals surface area contributed by atoms with E-state index in [0.717, 1.165) is 11.1 Å². The highest BCUT2D eigenvalue weighted by atomic mass is 35.5. The lowest BCUT2D eigenvalue weighted by atomic mass is 10.1. The highest BCUT2D eigenvalue weighted by molar-refractivity contribution is 7.98. The lowest BCUT2D eigenvalue weighted by Crippen LogP contribution is -2.28. The first-order chi connectivity index (χ1) is 13.9. The highest BCUT2D eigenvalue weighted by Gasteiger charge is 2.13. The van der Waals surface area contributed by atoms with Crippen LogP contribution in [0.15, 0.2) is 58.5 Å². The Morgan fingerprint density at radius 2 is 1.97 bits per heavy atom. The van der Waals surface area contributed by atoms with Crippen molar-refractivity contribution in [1.82, 2.24) is 15.3 Å². The quantitative estimate of drug-likeness (QED) is 0.437. The van der Waals surface area contributed by atoms with Gasteiger partial charge in [0.15, 0.2) is 5.16 Å². The number of halogens is 2. The molecule has 5 nitrogen and oxygen atoms in total. The molecule has 1 heterocycles. The van der Waals surface area contributed by atoms with Gasteiger partial charge in [-0.3, -0.25) is 9.59 Å². The normalized spacial score (nSPS) is 10.7. The van der Waals surface area contributed by atoms with Crippen molar-refractivity contribution in [2.24, 2.45) is 0 Å². The average molecular weight is 432 g/mol. The third-order valence-electron chi connectivity index (χ3n) is 4.21. The van der Waals surface area contributed by atoms with Crippen molar-refractivity contribution in [2.75, 3.05) is 0 Å². The van der Waals surface area contributed by atoms with Gasteiger partial charge in [-0.2, -0.15) is 0 Å². The number of carbonyl (C=O) groups is 1. The minimum Gasteiger partial charge on any atom is -0.352 e. The van der Waals surface area contributed by atoms with Crippen LogP contribution in [-0.4, -0.2) is 15.9 Å².